The van der Waals surface area contributed by atoms with Crippen LogP contribution in [0.5, 0.6) is 5.75 Å². The number of hydrogen-bond acceptors (Lipinski definition) is 6. The molecule has 8 nitrogen and oxygen atoms in total. The lowest BCUT2D eigenvalue weighted by molar-refractivity contribution is -0.385. The predicted molar refractivity (Wildman–Crippen MR) is 87.1 cm³/mol. The molecule has 2 heterocycles. The zero-order valence-electron chi connectivity index (χ0n) is 13.2. The van der Waals surface area contributed by atoms with Gasteiger partial charge in [-0.05, 0) is 26.0 Å². The molecule has 0 fully saturated rings. The number of fused-ring (bicyclic) bond motifs is 1. The van der Waals surface area contributed by atoms with E-state index in [0.29, 0.717) is 17.0 Å². The normalized spacial score (nSPS) is 21.6. The highest BCUT2D eigenvalue weighted by atomic mass is 16.6. The van der Waals surface area contributed by atoms with Gasteiger partial charge in [-0.15, -0.1) is 0 Å². The van der Waals surface area contributed by atoms with E-state index >= 15 is 0 Å². The molecule has 0 amide bonds. The second-order valence-corrected chi connectivity index (χ2v) is 6.28. The fraction of sp³-hybridized carbons (Fsp3) is 0.312. The Kier molecular flexibility index (Phi) is 3.56. The fourth-order valence-corrected chi connectivity index (χ4v) is 2.91. The molecular weight excluding hydrogens is 314 g/mol. The number of anilines is 1. The quantitative estimate of drug-likeness (QED) is 0.635. The molecule has 0 aliphatic carbocycles. The number of pyridine rings is 1. The predicted octanol–water partition coefficient (Wildman–Crippen LogP) is 1.46. The van der Waals surface area contributed by atoms with Crippen molar-refractivity contribution in [1.82, 2.24) is 4.57 Å². The smallest absolute Gasteiger partial charge is 0.270 e. The number of non-ortho nitro benzene ring substituents is 1. The van der Waals surface area contributed by atoms with Crippen LogP contribution in [0.15, 0.2) is 41.3 Å². The topological polar surface area (TPSA) is 121 Å². The van der Waals surface area contributed by atoms with Crippen molar-refractivity contribution in [2.75, 3.05) is 5.73 Å². The maximum Gasteiger partial charge on any atom is 0.270 e. The van der Waals surface area contributed by atoms with E-state index in [4.69, 9.17) is 10.5 Å². The lowest BCUT2D eigenvalue weighted by Crippen LogP contribution is -2.52. The summed E-state index contributed by atoms with van der Waals surface area (Å²) in [7, 11) is 0. The van der Waals surface area contributed by atoms with Crippen LogP contribution in [-0.4, -0.2) is 26.3 Å². The number of aromatic nitrogens is 1. The van der Waals surface area contributed by atoms with Crippen molar-refractivity contribution < 1.29 is 14.8 Å². The first-order valence-electron chi connectivity index (χ1n) is 7.34. The molecule has 24 heavy (non-hydrogen) atoms. The molecule has 2 aromatic rings. The minimum absolute atomic E-state index is 0.147. The first kappa shape index (κ1) is 16.0. The SMILES string of the molecule is CC1(C)Oc2ccc([N+](=O)[O-])cc2C(n2cc(N)ccc2=O)C1O. The number of nitro groups is 1. The molecular formula is C16H17N3O5. The average Bonchev–Trinajstić information content (AvgIpc) is 2.50. The third kappa shape index (κ3) is 2.50. The van der Waals surface area contributed by atoms with Gasteiger partial charge in [0.1, 0.15) is 17.5 Å². The summed E-state index contributed by atoms with van der Waals surface area (Å²) in [6, 6.07) is 6.02. The van der Waals surface area contributed by atoms with Gasteiger partial charge in [-0.1, -0.05) is 0 Å². The van der Waals surface area contributed by atoms with Gasteiger partial charge in [0, 0.05) is 35.6 Å². The molecule has 0 spiro atoms. The number of rotatable bonds is 2. The molecule has 0 radical (unpaired) electrons. The molecule has 0 bridgehead atoms. The number of nitrogens with zero attached hydrogens (tertiary/aromatic N) is 2. The van der Waals surface area contributed by atoms with E-state index in [-0.39, 0.29) is 11.2 Å². The standard InChI is InChI=1S/C16H17N3O5/c1-16(2)15(21)14(18-8-9(17)3-6-13(18)20)11-7-10(19(22)23)4-5-12(11)24-16/h3-8,14-15,21H,17H2,1-2H3. The Morgan fingerprint density at radius 3 is 2.71 bits per heavy atom. The Labute approximate surface area is 137 Å². The summed E-state index contributed by atoms with van der Waals surface area (Å²) in [6.07, 6.45) is 0.312. The molecule has 1 aromatic heterocycles. The number of ether oxygens (including phenoxy) is 1. The lowest BCUT2D eigenvalue weighted by atomic mass is 9.86. The Bertz CT molecular complexity index is 874. The van der Waals surface area contributed by atoms with Gasteiger partial charge in [-0.25, -0.2) is 0 Å². The number of nitrogen functional groups attached to an aromatic ring is 1. The van der Waals surface area contributed by atoms with Crippen LogP contribution in [0.3, 0.4) is 0 Å². The Hall–Kier alpha value is -2.87. The van der Waals surface area contributed by atoms with Gasteiger partial charge in [0.15, 0.2) is 0 Å². The number of hydrogen-bond donors (Lipinski definition) is 2. The van der Waals surface area contributed by atoms with Gasteiger partial charge in [-0.3, -0.25) is 14.9 Å². The minimum atomic E-state index is -1.11. The van der Waals surface area contributed by atoms with Crippen LogP contribution in [0, 0.1) is 10.1 Å². The van der Waals surface area contributed by atoms with Crippen LogP contribution in [-0.2, 0) is 0 Å². The third-order valence-electron chi connectivity index (χ3n) is 4.17. The molecule has 3 N–H and O–H groups in total. The van der Waals surface area contributed by atoms with E-state index in [1.165, 1.54) is 41.1 Å². The van der Waals surface area contributed by atoms with Gasteiger partial charge in [-0.2, -0.15) is 0 Å². The largest absolute Gasteiger partial charge is 0.485 e. The summed E-state index contributed by atoms with van der Waals surface area (Å²) in [5, 5.41) is 21.8. The first-order chi connectivity index (χ1) is 11.2. The van der Waals surface area contributed by atoms with Gasteiger partial charge in [0.25, 0.3) is 11.2 Å². The fourth-order valence-electron chi connectivity index (χ4n) is 2.91. The summed E-state index contributed by atoms with van der Waals surface area (Å²) >= 11 is 0. The zero-order chi connectivity index (χ0) is 17.6. The molecule has 8 heteroatoms. The number of aliphatic hydroxyl groups excluding tert-OH is 1. The highest BCUT2D eigenvalue weighted by molar-refractivity contribution is 5.48. The zero-order valence-corrected chi connectivity index (χ0v) is 13.2. The average molecular weight is 331 g/mol. The van der Waals surface area contributed by atoms with Crippen molar-refractivity contribution in [3.63, 3.8) is 0 Å². The van der Waals surface area contributed by atoms with Crippen molar-refractivity contribution in [2.45, 2.75) is 31.6 Å². The molecule has 0 saturated carbocycles. The summed E-state index contributed by atoms with van der Waals surface area (Å²) in [4.78, 5) is 22.8. The number of aliphatic hydroxyl groups is 1. The minimum Gasteiger partial charge on any atom is -0.485 e. The van der Waals surface area contributed by atoms with E-state index in [1.807, 2.05) is 0 Å². The Morgan fingerprint density at radius 2 is 2.04 bits per heavy atom. The maximum atomic E-state index is 12.3. The lowest BCUT2D eigenvalue weighted by Gasteiger charge is -2.42. The van der Waals surface area contributed by atoms with Crippen LogP contribution < -0.4 is 16.0 Å². The van der Waals surface area contributed by atoms with Crippen molar-refractivity contribution >= 4 is 11.4 Å². The van der Waals surface area contributed by atoms with Crippen LogP contribution in [0.1, 0.15) is 25.5 Å². The number of benzene rings is 1. The van der Waals surface area contributed by atoms with Crippen LogP contribution in [0.25, 0.3) is 0 Å². The second kappa shape index (κ2) is 5.34. The van der Waals surface area contributed by atoms with Crippen molar-refractivity contribution in [3.05, 3.63) is 62.6 Å². The van der Waals surface area contributed by atoms with Crippen molar-refractivity contribution in [1.29, 1.82) is 0 Å². The molecule has 2 unspecified atom stereocenters. The number of nitrogens with two attached hydrogens (primary N) is 1. The van der Waals surface area contributed by atoms with Gasteiger partial charge >= 0.3 is 0 Å². The molecule has 1 aliphatic rings. The van der Waals surface area contributed by atoms with E-state index in [1.54, 1.807) is 13.8 Å². The summed E-state index contributed by atoms with van der Waals surface area (Å²) in [5.41, 5.74) is 4.97. The van der Waals surface area contributed by atoms with Crippen LogP contribution in [0.4, 0.5) is 11.4 Å². The summed E-state index contributed by atoms with van der Waals surface area (Å²) in [6.45, 7) is 3.37. The van der Waals surface area contributed by atoms with Crippen LogP contribution in [0.2, 0.25) is 0 Å². The Balaban J connectivity index is 2.27. The maximum absolute atomic E-state index is 12.3. The Morgan fingerprint density at radius 1 is 1.33 bits per heavy atom. The summed E-state index contributed by atoms with van der Waals surface area (Å²) < 4.78 is 7.05. The second-order valence-electron chi connectivity index (χ2n) is 6.28. The highest BCUT2D eigenvalue weighted by Gasteiger charge is 2.44. The molecule has 3 rings (SSSR count). The molecule has 1 aliphatic heterocycles. The molecule has 1 aromatic carbocycles. The molecule has 2 atom stereocenters. The highest BCUT2D eigenvalue weighted by Crippen LogP contribution is 2.42. The van der Waals surface area contributed by atoms with E-state index in [2.05, 4.69) is 0 Å². The van der Waals surface area contributed by atoms with Gasteiger partial charge in [0.2, 0.25) is 0 Å². The van der Waals surface area contributed by atoms with E-state index in [9.17, 15) is 20.0 Å². The van der Waals surface area contributed by atoms with Gasteiger partial charge in [0.05, 0.1) is 11.0 Å². The third-order valence-corrected chi connectivity index (χ3v) is 4.17. The first-order valence-corrected chi connectivity index (χ1v) is 7.34. The summed E-state index contributed by atoms with van der Waals surface area (Å²) in [5.74, 6) is 0.384. The van der Waals surface area contributed by atoms with Crippen molar-refractivity contribution in [2.24, 2.45) is 0 Å². The van der Waals surface area contributed by atoms with E-state index in [0.717, 1.165) is 0 Å². The molecule has 126 valence electrons. The van der Waals surface area contributed by atoms with Crippen LogP contribution >= 0.6 is 0 Å². The monoisotopic (exact) mass is 331 g/mol. The van der Waals surface area contributed by atoms with E-state index < -0.39 is 22.7 Å². The van der Waals surface area contributed by atoms with Gasteiger partial charge < -0.3 is 20.1 Å². The number of nitro benzene ring substituents is 1. The molecule has 0 saturated heterocycles. The van der Waals surface area contributed by atoms with Crippen molar-refractivity contribution in [3.8, 4) is 5.75 Å².